The zero-order valence-electron chi connectivity index (χ0n) is 18.3. The highest BCUT2D eigenvalue weighted by Crippen LogP contribution is 2.29. The second-order valence-corrected chi connectivity index (χ2v) is 7.99. The summed E-state index contributed by atoms with van der Waals surface area (Å²) in [5.74, 6) is -0.609. The molecule has 0 radical (unpaired) electrons. The lowest BCUT2D eigenvalue weighted by Gasteiger charge is -2.35. The van der Waals surface area contributed by atoms with Crippen LogP contribution in [-0.4, -0.2) is 59.9 Å². The third-order valence-corrected chi connectivity index (χ3v) is 5.10. The Hall–Kier alpha value is -3.56. The van der Waals surface area contributed by atoms with Gasteiger partial charge in [0.1, 0.15) is 0 Å². The number of amides is 4. The Morgan fingerprint density at radius 2 is 1.39 bits per heavy atom. The number of urea groups is 1. The standard InChI is InChI=1S/C23H25F3N4O3/c1-15(2)27-22(33)28-19-5-3-4-17(14-19)21(32)30-12-10-29(11-13-30)20(31)16-6-8-18(9-7-16)23(24,25)26/h3-9,14-15H,10-13H2,1-2H3,(H2,27,28,33). The highest BCUT2D eigenvalue weighted by Gasteiger charge is 2.31. The maximum atomic E-state index is 12.9. The van der Waals surface area contributed by atoms with Gasteiger partial charge in [-0.15, -0.1) is 0 Å². The number of hydrogen-bond acceptors (Lipinski definition) is 3. The first-order valence-electron chi connectivity index (χ1n) is 10.5. The summed E-state index contributed by atoms with van der Waals surface area (Å²) in [5, 5.41) is 5.38. The molecule has 3 rings (SSSR count). The van der Waals surface area contributed by atoms with Crippen LogP contribution in [0.15, 0.2) is 48.5 Å². The van der Waals surface area contributed by atoms with Crippen molar-refractivity contribution in [3.63, 3.8) is 0 Å². The summed E-state index contributed by atoms with van der Waals surface area (Å²) in [5.41, 5.74) is 0.240. The van der Waals surface area contributed by atoms with Gasteiger partial charge in [0, 0.05) is 49.0 Å². The number of nitrogens with zero attached hydrogens (tertiary/aromatic N) is 2. The number of anilines is 1. The van der Waals surface area contributed by atoms with Crippen LogP contribution in [0.3, 0.4) is 0 Å². The van der Waals surface area contributed by atoms with E-state index in [9.17, 15) is 27.6 Å². The molecule has 4 amide bonds. The van der Waals surface area contributed by atoms with Gasteiger partial charge in [-0.2, -0.15) is 13.2 Å². The van der Waals surface area contributed by atoms with Crippen molar-refractivity contribution in [2.24, 2.45) is 0 Å². The van der Waals surface area contributed by atoms with Crippen LogP contribution in [0.1, 0.15) is 40.1 Å². The van der Waals surface area contributed by atoms with Gasteiger partial charge in [0.25, 0.3) is 11.8 Å². The molecule has 1 fully saturated rings. The van der Waals surface area contributed by atoms with E-state index in [0.717, 1.165) is 24.3 Å². The summed E-state index contributed by atoms with van der Waals surface area (Å²) in [6.07, 6.45) is -4.46. The molecule has 1 aliphatic rings. The number of benzene rings is 2. The van der Waals surface area contributed by atoms with Crippen molar-refractivity contribution in [2.45, 2.75) is 26.1 Å². The number of alkyl halides is 3. The predicted molar refractivity (Wildman–Crippen MR) is 117 cm³/mol. The molecule has 0 saturated carbocycles. The van der Waals surface area contributed by atoms with Crippen molar-refractivity contribution < 1.29 is 27.6 Å². The van der Waals surface area contributed by atoms with E-state index < -0.39 is 11.7 Å². The van der Waals surface area contributed by atoms with E-state index in [4.69, 9.17) is 0 Å². The minimum atomic E-state index is -4.46. The van der Waals surface area contributed by atoms with E-state index in [0.29, 0.717) is 11.3 Å². The molecule has 0 bridgehead atoms. The van der Waals surface area contributed by atoms with Crippen molar-refractivity contribution in [2.75, 3.05) is 31.5 Å². The number of nitrogens with one attached hydrogen (secondary N) is 2. The van der Waals surface area contributed by atoms with Gasteiger partial charge in [0.15, 0.2) is 0 Å². The Kier molecular flexibility index (Phi) is 7.25. The molecule has 2 N–H and O–H groups in total. The van der Waals surface area contributed by atoms with Crippen LogP contribution in [0.4, 0.5) is 23.7 Å². The summed E-state index contributed by atoms with van der Waals surface area (Å²) in [4.78, 5) is 40.5. The minimum absolute atomic E-state index is 0.0311. The van der Waals surface area contributed by atoms with Gasteiger partial charge in [-0.1, -0.05) is 6.07 Å². The SMILES string of the molecule is CC(C)NC(=O)Nc1cccc(C(=O)N2CCN(C(=O)c3ccc(C(F)(F)F)cc3)CC2)c1. The molecule has 7 nitrogen and oxygen atoms in total. The monoisotopic (exact) mass is 462 g/mol. The van der Waals surface area contributed by atoms with Crippen LogP contribution in [-0.2, 0) is 6.18 Å². The lowest BCUT2D eigenvalue weighted by molar-refractivity contribution is -0.137. The van der Waals surface area contributed by atoms with Gasteiger partial charge >= 0.3 is 12.2 Å². The average molecular weight is 462 g/mol. The van der Waals surface area contributed by atoms with Gasteiger partial charge < -0.3 is 20.4 Å². The first-order valence-corrected chi connectivity index (χ1v) is 10.5. The van der Waals surface area contributed by atoms with Crippen molar-refractivity contribution in [1.29, 1.82) is 0 Å². The molecular weight excluding hydrogens is 437 g/mol. The van der Waals surface area contributed by atoms with Gasteiger partial charge in [-0.25, -0.2) is 4.79 Å². The highest BCUT2D eigenvalue weighted by molar-refractivity contribution is 5.97. The zero-order valence-corrected chi connectivity index (χ0v) is 18.3. The molecule has 2 aromatic carbocycles. The fraction of sp³-hybridized carbons (Fsp3) is 0.348. The van der Waals surface area contributed by atoms with Crippen molar-refractivity contribution >= 4 is 23.5 Å². The smallest absolute Gasteiger partial charge is 0.336 e. The van der Waals surface area contributed by atoms with Crippen LogP contribution in [0.2, 0.25) is 0 Å². The van der Waals surface area contributed by atoms with Gasteiger partial charge in [-0.3, -0.25) is 9.59 Å². The van der Waals surface area contributed by atoms with Crippen molar-refractivity contribution in [1.82, 2.24) is 15.1 Å². The molecule has 33 heavy (non-hydrogen) atoms. The van der Waals surface area contributed by atoms with Crippen molar-refractivity contribution in [3.05, 3.63) is 65.2 Å². The normalized spacial score (nSPS) is 14.2. The first-order chi connectivity index (χ1) is 15.5. The summed E-state index contributed by atoms with van der Waals surface area (Å²) in [6.45, 7) is 4.77. The molecule has 0 spiro atoms. The Bertz CT molecular complexity index is 1010. The maximum Gasteiger partial charge on any atom is 0.416 e. The first kappa shape index (κ1) is 24.1. The second-order valence-electron chi connectivity index (χ2n) is 7.99. The van der Waals surface area contributed by atoms with Crippen LogP contribution < -0.4 is 10.6 Å². The number of hydrogen-bond donors (Lipinski definition) is 2. The number of halogens is 3. The molecule has 1 aliphatic heterocycles. The average Bonchev–Trinajstić information content (AvgIpc) is 2.77. The van der Waals surface area contributed by atoms with Crippen LogP contribution in [0, 0.1) is 0 Å². The minimum Gasteiger partial charge on any atom is -0.336 e. The molecule has 1 saturated heterocycles. The Morgan fingerprint density at radius 3 is 1.91 bits per heavy atom. The number of piperazine rings is 1. The molecule has 176 valence electrons. The number of rotatable bonds is 4. The fourth-order valence-corrected chi connectivity index (χ4v) is 3.44. The molecule has 0 atom stereocenters. The topological polar surface area (TPSA) is 81.8 Å². The largest absolute Gasteiger partial charge is 0.416 e. The third-order valence-electron chi connectivity index (χ3n) is 5.10. The zero-order chi connectivity index (χ0) is 24.2. The number of carbonyl (C=O) groups is 3. The van der Waals surface area contributed by atoms with Gasteiger partial charge in [0.05, 0.1) is 5.56 Å². The molecule has 0 unspecified atom stereocenters. The lowest BCUT2D eigenvalue weighted by Crippen LogP contribution is -2.50. The Labute approximate surface area is 189 Å². The van der Waals surface area contributed by atoms with Crippen LogP contribution >= 0.6 is 0 Å². The third kappa shape index (κ3) is 6.24. The maximum absolute atomic E-state index is 12.9. The van der Waals surface area contributed by atoms with Gasteiger partial charge in [-0.05, 0) is 56.3 Å². The lowest BCUT2D eigenvalue weighted by atomic mass is 10.1. The fourth-order valence-electron chi connectivity index (χ4n) is 3.44. The van der Waals surface area contributed by atoms with E-state index in [1.165, 1.54) is 4.90 Å². The van der Waals surface area contributed by atoms with E-state index in [1.54, 1.807) is 29.2 Å². The molecule has 1 heterocycles. The number of carbonyl (C=O) groups excluding carboxylic acids is 3. The van der Waals surface area contributed by atoms with Gasteiger partial charge in [0.2, 0.25) is 0 Å². The Balaban J connectivity index is 1.58. The molecule has 0 aromatic heterocycles. The predicted octanol–water partition coefficient (Wildman–Crippen LogP) is 3.83. The van der Waals surface area contributed by atoms with E-state index in [1.807, 2.05) is 13.8 Å². The quantitative estimate of drug-likeness (QED) is 0.725. The second kappa shape index (κ2) is 9.93. The molecular formula is C23H25F3N4O3. The molecule has 0 aliphatic carbocycles. The van der Waals surface area contributed by atoms with Crippen LogP contribution in [0.5, 0.6) is 0 Å². The summed E-state index contributed by atoms with van der Waals surface area (Å²) < 4.78 is 38.1. The molecule has 10 heteroatoms. The van der Waals surface area contributed by atoms with E-state index >= 15 is 0 Å². The Morgan fingerprint density at radius 1 is 0.848 bits per heavy atom. The van der Waals surface area contributed by atoms with E-state index in [2.05, 4.69) is 10.6 Å². The molecule has 2 aromatic rings. The highest BCUT2D eigenvalue weighted by atomic mass is 19.4. The summed E-state index contributed by atoms with van der Waals surface area (Å²) >= 11 is 0. The summed E-state index contributed by atoms with van der Waals surface area (Å²) in [7, 11) is 0. The van der Waals surface area contributed by atoms with Crippen LogP contribution in [0.25, 0.3) is 0 Å². The van der Waals surface area contributed by atoms with Crippen molar-refractivity contribution in [3.8, 4) is 0 Å². The van der Waals surface area contributed by atoms with E-state index in [-0.39, 0.29) is 55.6 Å². The summed E-state index contributed by atoms with van der Waals surface area (Å²) in [6, 6.07) is 10.3.